The van der Waals surface area contributed by atoms with Gasteiger partial charge in [-0.2, -0.15) is 0 Å². The van der Waals surface area contributed by atoms with Crippen LogP contribution in [0.3, 0.4) is 0 Å². The number of anilines is 1. The number of hydrogen-bond acceptors (Lipinski definition) is 4. The van der Waals surface area contributed by atoms with Crippen molar-refractivity contribution in [3.8, 4) is 0 Å². The zero-order valence-electron chi connectivity index (χ0n) is 23.9. The standard InChI is InChI=1S/C31H37Cl2N3O4S/c1-5-34-31(38)29(20-24-11-7-6-8-12-24)35(21-26-27(32)13-9-14-28(26)33)30(37)15-10-18-36(41(4,39)40)25-17-16-22(2)23(3)19-25/h6-9,11-14,16-17,19,29H,5,10,15,18,20-21H2,1-4H3,(H,34,38). The predicted molar refractivity (Wildman–Crippen MR) is 167 cm³/mol. The van der Waals surface area contributed by atoms with Crippen LogP contribution in [0.4, 0.5) is 5.69 Å². The first-order chi connectivity index (χ1) is 19.4. The molecule has 3 aromatic carbocycles. The Labute approximate surface area is 253 Å². The van der Waals surface area contributed by atoms with E-state index in [0.717, 1.165) is 22.9 Å². The first-order valence-corrected chi connectivity index (χ1v) is 16.1. The number of rotatable bonds is 13. The average molecular weight is 619 g/mol. The zero-order valence-corrected chi connectivity index (χ0v) is 26.2. The fraction of sp³-hybridized carbons (Fsp3) is 0.355. The quantitative estimate of drug-likeness (QED) is 0.257. The molecule has 0 saturated heterocycles. The van der Waals surface area contributed by atoms with Crippen LogP contribution in [-0.4, -0.2) is 50.5 Å². The van der Waals surface area contributed by atoms with Crippen LogP contribution in [0.2, 0.25) is 10.0 Å². The third kappa shape index (κ3) is 8.96. The Morgan fingerprint density at radius 1 is 0.927 bits per heavy atom. The van der Waals surface area contributed by atoms with Crippen LogP contribution in [0.15, 0.2) is 66.7 Å². The molecule has 0 aliphatic heterocycles. The molecule has 41 heavy (non-hydrogen) atoms. The number of sulfonamides is 1. The van der Waals surface area contributed by atoms with Crippen molar-refractivity contribution in [3.63, 3.8) is 0 Å². The molecule has 1 unspecified atom stereocenters. The Morgan fingerprint density at radius 2 is 1.59 bits per heavy atom. The molecule has 7 nitrogen and oxygen atoms in total. The molecule has 1 N–H and O–H groups in total. The number of nitrogens with one attached hydrogen (secondary N) is 1. The van der Waals surface area contributed by atoms with Gasteiger partial charge in [-0.3, -0.25) is 13.9 Å². The zero-order chi connectivity index (χ0) is 30.2. The lowest BCUT2D eigenvalue weighted by Crippen LogP contribution is -2.50. The summed E-state index contributed by atoms with van der Waals surface area (Å²) in [7, 11) is -3.59. The number of amides is 2. The number of aryl methyl sites for hydroxylation is 2. The van der Waals surface area contributed by atoms with Crippen molar-refractivity contribution in [2.45, 2.75) is 52.6 Å². The van der Waals surface area contributed by atoms with Crippen LogP contribution < -0.4 is 9.62 Å². The van der Waals surface area contributed by atoms with Gasteiger partial charge in [0, 0.05) is 48.1 Å². The van der Waals surface area contributed by atoms with Gasteiger partial charge in [-0.25, -0.2) is 8.42 Å². The summed E-state index contributed by atoms with van der Waals surface area (Å²) >= 11 is 13.0. The third-order valence-corrected chi connectivity index (χ3v) is 8.85. The molecule has 3 rings (SSSR count). The minimum absolute atomic E-state index is 0.0175. The van der Waals surface area contributed by atoms with Gasteiger partial charge >= 0.3 is 0 Å². The van der Waals surface area contributed by atoms with Gasteiger partial charge in [0.05, 0.1) is 11.9 Å². The summed E-state index contributed by atoms with van der Waals surface area (Å²) in [6.45, 7) is 6.24. The molecule has 0 fully saturated rings. The summed E-state index contributed by atoms with van der Waals surface area (Å²) in [5.41, 5.74) is 4.01. The molecule has 0 aromatic heterocycles. The number of nitrogens with zero attached hydrogens (tertiary/aromatic N) is 2. The molecule has 3 aromatic rings. The van der Waals surface area contributed by atoms with Crippen molar-refractivity contribution in [2.75, 3.05) is 23.7 Å². The first kappa shape index (κ1) is 32.4. The molecule has 220 valence electrons. The van der Waals surface area contributed by atoms with Crippen LogP contribution in [0, 0.1) is 13.8 Å². The van der Waals surface area contributed by atoms with Gasteiger partial charge in [-0.1, -0.05) is 65.7 Å². The van der Waals surface area contributed by atoms with E-state index >= 15 is 0 Å². The predicted octanol–water partition coefficient (Wildman–Crippen LogP) is 5.93. The number of carbonyl (C=O) groups excluding carboxylic acids is 2. The maximum absolute atomic E-state index is 13.9. The summed E-state index contributed by atoms with van der Waals surface area (Å²) in [5, 5.41) is 3.64. The SMILES string of the molecule is CCNC(=O)C(Cc1ccccc1)N(Cc1c(Cl)cccc1Cl)C(=O)CCCN(c1ccc(C)c(C)c1)S(C)(=O)=O. The van der Waals surface area contributed by atoms with E-state index in [9.17, 15) is 18.0 Å². The molecule has 0 radical (unpaired) electrons. The lowest BCUT2D eigenvalue weighted by molar-refractivity contribution is -0.141. The van der Waals surface area contributed by atoms with Gasteiger partial charge in [0.25, 0.3) is 0 Å². The lowest BCUT2D eigenvalue weighted by atomic mass is 10.0. The Bertz CT molecular complexity index is 1450. The van der Waals surface area contributed by atoms with Crippen molar-refractivity contribution < 1.29 is 18.0 Å². The second-order valence-corrected chi connectivity index (χ2v) is 12.8. The highest BCUT2D eigenvalue weighted by atomic mass is 35.5. The van der Waals surface area contributed by atoms with Crippen LogP contribution in [0.1, 0.15) is 42.0 Å². The Hall–Kier alpha value is -3.07. The average Bonchev–Trinajstić information content (AvgIpc) is 2.91. The number of halogens is 2. The molecular weight excluding hydrogens is 581 g/mol. The second-order valence-electron chi connectivity index (χ2n) is 10.0. The van der Waals surface area contributed by atoms with E-state index < -0.39 is 16.1 Å². The molecule has 0 bridgehead atoms. The molecule has 0 aliphatic rings. The molecule has 0 spiro atoms. The van der Waals surface area contributed by atoms with Crippen molar-refractivity contribution in [1.82, 2.24) is 10.2 Å². The fourth-order valence-corrected chi connectivity index (χ4v) is 6.06. The number of benzene rings is 3. The van der Waals surface area contributed by atoms with Crippen molar-refractivity contribution in [3.05, 3.63) is 99.0 Å². The number of likely N-dealkylation sites (N-methyl/N-ethyl adjacent to an activating group) is 1. The third-order valence-electron chi connectivity index (χ3n) is 6.94. The van der Waals surface area contributed by atoms with E-state index in [2.05, 4.69) is 5.32 Å². The maximum atomic E-state index is 13.9. The summed E-state index contributed by atoms with van der Waals surface area (Å²) < 4.78 is 26.7. The van der Waals surface area contributed by atoms with Gasteiger partial charge in [0.2, 0.25) is 21.8 Å². The fourth-order valence-electron chi connectivity index (χ4n) is 4.58. The monoisotopic (exact) mass is 617 g/mol. The lowest BCUT2D eigenvalue weighted by Gasteiger charge is -2.32. The van der Waals surface area contributed by atoms with E-state index in [1.54, 1.807) is 24.3 Å². The van der Waals surface area contributed by atoms with Gasteiger partial charge in [-0.15, -0.1) is 0 Å². The van der Waals surface area contributed by atoms with E-state index in [1.165, 1.54) is 9.21 Å². The summed E-state index contributed by atoms with van der Waals surface area (Å²) in [4.78, 5) is 28.7. The molecule has 0 aliphatic carbocycles. The molecule has 0 saturated carbocycles. The molecule has 1 atom stereocenters. The minimum Gasteiger partial charge on any atom is -0.355 e. The summed E-state index contributed by atoms with van der Waals surface area (Å²) in [6, 6.07) is 19.2. The highest BCUT2D eigenvalue weighted by Gasteiger charge is 2.31. The van der Waals surface area contributed by atoms with E-state index in [0.29, 0.717) is 34.3 Å². The molecule has 2 amide bonds. The topological polar surface area (TPSA) is 86.8 Å². The van der Waals surface area contributed by atoms with Gasteiger partial charge in [0.1, 0.15) is 6.04 Å². The van der Waals surface area contributed by atoms with Crippen LogP contribution in [0.25, 0.3) is 0 Å². The Balaban J connectivity index is 1.91. The maximum Gasteiger partial charge on any atom is 0.243 e. The minimum atomic E-state index is -3.59. The van der Waals surface area contributed by atoms with Crippen LogP contribution in [-0.2, 0) is 32.6 Å². The van der Waals surface area contributed by atoms with Gasteiger partial charge in [-0.05, 0) is 68.1 Å². The van der Waals surface area contributed by atoms with Crippen molar-refractivity contribution in [1.29, 1.82) is 0 Å². The highest BCUT2D eigenvalue weighted by Crippen LogP contribution is 2.28. The largest absolute Gasteiger partial charge is 0.355 e. The molecule has 0 heterocycles. The van der Waals surface area contributed by atoms with E-state index in [4.69, 9.17) is 23.2 Å². The molecule has 10 heteroatoms. The second kappa shape index (κ2) is 14.7. The van der Waals surface area contributed by atoms with Crippen LogP contribution in [0.5, 0.6) is 0 Å². The summed E-state index contributed by atoms with van der Waals surface area (Å²) in [5.74, 6) is -0.595. The Kier molecular flexibility index (Phi) is 11.6. The van der Waals surface area contributed by atoms with Crippen molar-refractivity contribution in [2.24, 2.45) is 0 Å². The number of carbonyl (C=O) groups is 2. The highest BCUT2D eigenvalue weighted by molar-refractivity contribution is 7.92. The van der Waals surface area contributed by atoms with Gasteiger partial charge in [0.15, 0.2) is 0 Å². The summed E-state index contributed by atoms with van der Waals surface area (Å²) in [6.07, 6.45) is 1.71. The van der Waals surface area contributed by atoms with Gasteiger partial charge < -0.3 is 10.2 Å². The Morgan fingerprint density at radius 3 is 2.17 bits per heavy atom. The first-order valence-electron chi connectivity index (χ1n) is 13.5. The van der Waals surface area contributed by atoms with E-state index in [-0.39, 0.29) is 37.7 Å². The van der Waals surface area contributed by atoms with E-state index in [1.807, 2.05) is 63.2 Å². The van der Waals surface area contributed by atoms with Crippen LogP contribution >= 0.6 is 23.2 Å². The normalized spacial score (nSPS) is 12.0. The molecular formula is C31H37Cl2N3O4S. The smallest absolute Gasteiger partial charge is 0.243 e. The van der Waals surface area contributed by atoms with Crippen molar-refractivity contribution >= 4 is 50.7 Å². The number of hydrogen-bond donors (Lipinski definition) is 1.